The van der Waals surface area contributed by atoms with Crippen LogP contribution >= 0.6 is 56.5 Å². The van der Waals surface area contributed by atoms with E-state index < -0.39 is 18.0 Å². The molecule has 4 aromatic rings. The van der Waals surface area contributed by atoms with Gasteiger partial charge < -0.3 is 18.9 Å². The van der Waals surface area contributed by atoms with E-state index in [2.05, 4.69) is 45.2 Å². The smallest absolute Gasteiger partial charge is 0.344 e. The van der Waals surface area contributed by atoms with Crippen molar-refractivity contribution in [3.05, 3.63) is 116 Å². The van der Waals surface area contributed by atoms with Crippen molar-refractivity contribution in [3.8, 4) is 11.5 Å². The van der Waals surface area contributed by atoms with Gasteiger partial charge in [0.25, 0.3) is 5.56 Å². The molecule has 0 fully saturated rings. The number of carbonyl (C=O) groups excluding carboxylic acids is 2. The van der Waals surface area contributed by atoms with E-state index in [4.69, 9.17) is 23.9 Å². The topological polar surface area (TPSA) is 105 Å². The van der Waals surface area contributed by atoms with Gasteiger partial charge in [-0.3, -0.25) is 9.36 Å². The molecule has 1 aliphatic rings. The zero-order valence-corrected chi connectivity index (χ0v) is 30.4. The van der Waals surface area contributed by atoms with Crippen molar-refractivity contribution in [2.45, 2.75) is 26.8 Å². The highest BCUT2D eigenvalue weighted by Gasteiger charge is 2.35. The summed E-state index contributed by atoms with van der Waals surface area (Å²) in [5.41, 5.74) is 2.68. The predicted molar refractivity (Wildman–Crippen MR) is 193 cm³/mol. The molecule has 5 rings (SSSR count). The summed E-state index contributed by atoms with van der Waals surface area (Å²) < 4.78 is 25.5. The van der Waals surface area contributed by atoms with Crippen molar-refractivity contribution in [1.29, 1.82) is 0 Å². The van der Waals surface area contributed by atoms with Crippen LogP contribution in [-0.4, -0.2) is 42.9 Å². The summed E-state index contributed by atoms with van der Waals surface area (Å²) in [6, 6.07) is 19.8. The van der Waals surface area contributed by atoms with E-state index in [1.165, 1.54) is 11.3 Å². The van der Waals surface area contributed by atoms with Gasteiger partial charge in [-0.1, -0.05) is 53.8 Å². The summed E-state index contributed by atoms with van der Waals surface area (Å²) in [5, 5.41) is 0. The summed E-state index contributed by atoms with van der Waals surface area (Å²) in [7, 11) is 0. The van der Waals surface area contributed by atoms with Gasteiger partial charge in [0, 0.05) is 5.56 Å². The molecular weight excluding hydrogens is 834 g/mol. The van der Waals surface area contributed by atoms with Crippen molar-refractivity contribution in [2.75, 3.05) is 26.4 Å². The lowest BCUT2D eigenvalue weighted by Crippen LogP contribution is -2.40. The lowest BCUT2D eigenvalue weighted by molar-refractivity contribution is -0.145. The number of rotatable bonds is 11. The van der Waals surface area contributed by atoms with E-state index >= 15 is 0 Å². The first-order valence-electron chi connectivity index (χ1n) is 14.5. The van der Waals surface area contributed by atoms with E-state index in [0.717, 1.165) is 23.8 Å². The highest BCUT2D eigenvalue weighted by atomic mass is 127. The normalized spacial score (nSPS) is 14.4. The third-order valence-corrected chi connectivity index (χ3v) is 9.42. The molecule has 238 valence electrons. The molecule has 3 aromatic carbocycles. The van der Waals surface area contributed by atoms with Crippen molar-refractivity contribution in [1.82, 2.24) is 4.57 Å². The molecule has 0 N–H and O–H groups in total. The van der Waals surface area contributed by atoms with Crippen LogP contribution in [0.25, 0.3) is 11.8 Å². The molecule has 0 spiro atoms. The van der Waals surface area contributed by atoms with E-state index in [9.17, 15) is 14.4 Å². The minimum Gasteiger partial charge on any atom is -0.494 e. The monoisotopic (exact) mass is 864 g/mol. The molecular formula is C34H30I2N2O7S. The maximum absolute atomic E-state index is 14.2. The number of benzene rings is 3. The Hall–Kier alpha value is -3.50. The summed E-state index contributed by atoms with van der Waals surface area (Å²) in [4.78, 5) is 45.1. The zero-order valence-electron chi connectivity index (χ0n) is 25.3. The summed E-state index contributed by atoms with van der Waals surface area (Å²) in [6.07, 6.45) is 1.80. The van der Waals surface area contributed by atoms with Crippen LogP contribution in [-0.2, 0) is 19.1 Å². The molecule has 46 heavy (non-hydrogen) atoms. The molecule has 1 atom stereocenters. The lowest BCUT2D eigenvalue weighted by Gasteiger charge is -2.26. The van der Waals surface area contributed by atoms with Crippen LogP contribution in [0.2, 0.25) is 0 Å². The maximum Gasteiger partial charge on any atom is 0.344 e. The third-order valence-electron chi connectivity index (χ3n) is 6.84. The number of esters is 2. The van der Waals surface area contributed by atoms with Crippen molar-refractivity contribution in [3.63, 3.8) is 0 Å². The molecule has 0 bridgehead atoms. The Morgan fingerprint density at radius 3 is 2.22 bits per heavy atom. The van der Waals surface area contributed by atoms with Gasteiger partial charge in [-0.25, -0.2) is 14.6 Å². The minimum absolute atomic E-state index is 0.168. The Morgan fingerprint density at radius 2 is 1.59 bits per heavy atom. The fraction of sp³-hybridized carbons (Fsp3) is 0.235. The fourth-order valence-electron chi connectivity index (χ4n) is 4.95. The number of carbonyl (C=O) groups is 2. The Bertz CT molecular complexity index is 1950. The van der Waals surface area contributed by atoms with Gasteiger partial charge >= 0.3 is 11.9 Å². The van der Waals surface area contributed by atoms with Crippen LogP contribution in [0.15, 0.2) is 82.1 Å². The Kier molecular flexibility index (Phi) is 11.3. The lowest BCUT2D eigenvalue weighted by atomic mass is 9.93. The van der Waals surface area contributed by atoms with Gasteiger partial charge in [0.05, 0.1) is 48.8 Å². The largest absolute Gasteiger partial charge is 0.494 e. The van der Waals surface area contributed by atoms with Gasteiger partial charge in [0.15, 0.2) is 11.4 Å². The molecule has 0 unspecified atom stereocenters. The number of hydrogen-bond acceptors (Lipinski definition) is 9. The van der Waals surface area contributed by atoms with Gasteiger partial charge in [0.2, 0.25) is 0 Å². The SMILES string of the molecule is CCOC(=O)COc1c(I)cc(/C=c2\sc3n(c2=O)[C@H](c2ccc(OCC)cc2)C(C(=O)OCC)=C(c2ccccc2)N=3)cc1I. The number of halogens is 2. The number of nitrogens with zero attached hydrogens (tertiary/aromatic N) is 2. The Balaban J connectivity index is 1.68. The summed E-state index contributed by atoms with van der Waals surface area (Å²) in [5.74, 6) is 0.261. The maximum atomic E-state index is 14.2. The third kappa shape index (κ3) is 7.39. The molecule has 0 radical (unpaired) electrons. The second-order valence-electron chi connectivity index (χ2n) is 9.84. The highest BCUT2D eigenvalue weighted by Crippen LogP contribution is 2.36. The highest BCUT2D eigenvalue weighted by molar-refractivity contribution is 14.1. The Morgan fingerprint density at radius 1 is 0.913 bits per heavy atom. The van der Waals surface area contributed by atoms with Crippen molar-refractivity contribution in [2.24, 2.45) is 4.99 Å². The van der Waals surface area contributed by atoms with Gasteiger partial charge in [-0.05, 0) is 107 Å². The van der Waals surface area contributed by atoms with Gasteiger partial charge in [-0.15, -0.1) is 0 Å². The van der Waals surface area contributed by atoms with Crippen LogP contribution < -0.4 is 24.4 Å². The standard InChI is InChI=1S/C34H30I2N2O7S/c1-4-42-23-14-12-22(13-15-23)30-28(33(41)44-6-3)29(21-10-8-7-9-11-21)37-34-38(30)32(40)26(46-34)18-20-16-24(35)31(25(36)17-20)45-19-27(39)43-5-2/h7-18,30H,4-6,19H2,1-3H3/b26-18-/t30-/m1/s1. The summed E-state index contributed by atoms with van der Waals surface area (Å²) in [6.45, 7) is 6.16. The average molecular weight is 864 g/mol. The first-order chi connectivity index (χ1) is 22.2. The number of thiazole rings is 1. The van der Waals surface area contributed by atoms with E-state index in [1.54, 1.807) is 24.5 Å². The number of aromatic nitrogens is 1. The Labute approximate surface area is 296 Å². The minimum atomic E-state index is -0.790. The molecule has 0 saturated carbocycles. The van der Waals surface area contributed by atoms with E-state index in [-0.39, 0.29) is 31.0 Å². The second kappa shape index (κ2) is 15.4. The van der Waals surface area contributed by atoms with Crippen LogP contribution in [0.3, 0.4) is 0 Å². The average Bonchev–Trinajstić information content (AvgIpc) is 3.35. The molecule has 9 nitrogen and oxygen atoms in total. The number of ether oxygens (including phenoxy) is 4. The first kappa shape index (κ1) is 33.9. The van der Waals surface area contributed by atoms with Crippen LogP contribution in [0.5, 0.6) is 11.5 Å². The molecule has 1 aliphatic heterocycles. The van der Waals surface area contributed by atoms with Crippen LogP contribution in [0.1, 0.15) is 43.5 Å². The summed E-state index contributed by atoms with van der Waals surface area (Å²) >= 11 is 5.54. The second-order valence-corrected chi connectivity index (χ2v) is 13.2. The van der Waals surface area contributed by atoms with Crippen LogP contribution in [0, 0.1) is 7.14 Å². The van der Waals surface area contributed by atoms with E-state index in [0.29, 0.717) is 33.1 Å². The van der Waals surface area contributed by atoms with Crippen LogP contribution in [0.4, 0.5) is 0 Å². The number of fused-ring (bicyclic) bond motifs is 1. The quantitative estimate of drug-likeness (QED) is 0.145. The number of hydrogen-bond donors (Lipinski definition) is 0. The molecule has 0 aliphatic carbocycles. The fourth-order valence-corrected chi connectivity index (χ4v) is 8.08. The molecule has 0 amide bonds. The molecule has 12 heteroatoms. The zero-order chi connectivity index (χ0) is 32.8. The molecule has 1 aromatic heterocycles. The molecule has 2 heterocycles. The van der Waals surface area contributed by atoms with Crippen molar-refractivity contribution < 1.29 is 28.5 Å². The predicted octanol–water partition coefficient (Wildman–Crippen LogP) is 5.49. The van der Waals surface area contributed by atoms with E-state index in [1.807, 2.05) is 73.7 Å². The molecule has 0 saturated heterocycles. The van der Waals surface area contributed by atoms with Crippen molar-refractivity contribution >= 4 is 80.2 Å². The first-order valence-corrected chi connectivity index (χ1v) is 17.5. The van der Waals surface area contributed by atoms with Gasteiger partial charge in [0.1, 0.15) is 11.5 Å². The van der Waals surface area contributed by atoms with Gasteiger partial charge in [-0.2, -0.15) is 0 Å².